The summed E-state index contributed by atoms with van der Waals surface area (Å²) in [5.41, 5.74) is 0. The first-order valence-corrected chi connectivity index (χ1v) is 3.51. The Morgan fingerprint density at radius 2 is 2.27 bits per heavy atom. The minimum atomic E-state index is -0.343. The van der Waals surface area contributed by atoms with E-state index >= 15 is 0 Å². The quantitative estimate of drug-likeness (QED) is 0.531. The molecule has 1 rings (SSSR count). The van der Waals surface area contributed by atoms with Crippen molar-refractivity contribution in [3.8, 4) is 0 Å². The van der Waals surface area contributed by atoms with Gasteiger partial charge in [-0.2, -0.15) is 0 Å². The Kier molecular flexibility index (Phi) is 2.12. The number of likely N-dealkylation sites (N-methyl/N-ethyl adjacent to an activating group) is 1. The van der Waals surface area contributed by atoms with Gasteiger partial charge in [0.15, 0.2) is 12.4 Å². The van der Waals surface area contributed by atoms with Crippen LogP contribution in [0.4, 0.5) is 0 Å². The maximum Gasteiger partial charge on any atom is 0.250 e. The summed E-state index contributed by atoms with van der Waals surface area (Å²) >= 11 is 0. The lowest BCUT2D eigenvalue weighted by molar-refractivity contribution is -0.131. The van der Waals surface area contributed by atoms with E-state index in [0.29, 0.717) is 0 Å². The van der Waals surface area contributed by atoms with Crippen LogP contribution in [-0.2, 0) is 9.53 Å². The summed E-state index contributed by atoms with van der Waals surface area (Å²) in [5, 5.41) is 0. The smallest absolute Gasteiger partial charge is 0.250 e. The molecule has 0 radical (unpaired) electrons. The molecule has 1 heterocycles. The van der Waals surface area contributed by atoms with Crippen LogP contribution >= 0.6 is 0 Å². The van der Waals surface area contributed by atoms with Gasteiger partial charge < -0.3 is 9.64 Å². The van der Waals surface area contributed by atoms with Crippen molar-refractivity contribution >= 4 is 12.3 Å². The number of rotatable bonds is 1. The van der Waals surface area contributed by atoms with E-state index in [4.69, 9.17) is 4.74 Å². The number of amides is 1. The molecule has 0 bridgehead atoms. The van der Waals surface area contributed by atoms with Gasteiger partial charge in [-0.05, 0) is 6.92 Å². The highest BCUT2D eigenvalue weighted by molar-refractivity contribution is 5.84. The van der Waals surface area contributed by atoms with Crippen LogP contribution < -0.4 is 0 Å². The van der Waals surface area contributed by atoms with Crippen LogP contribution in [0.1, 0.15) is 6.92 Å². The van der Waals surface area contributed by atoms with Gasteiger partial charge in [0.05, 0.1) is 0 Å². The first-order chi connectivity index (χ1) is 5.13. The predicted octanol–water partition coefficient (Wildman–Crippen LogP) is -0.110. The minimum Gasteiger partial charge on any atom is -0.478 e. The lowest BCUT2D eigenvalue weighted by Gasteiger charge is -2.16. The molecule has 0 aliphatic carbocycles. The van der Waals surface area contributed by atoms with Crippen LogP contribution in [0.5, 0.6) is 0 Å². The van der Waals surface area contributed by atoms with Gasteiger partial charge in [-0.15, -0.1) is 0 Å². The molecule has 0 unspecified atom stereocenters. The molecule has 11 heavy (non-hydrogen) atoms. The highest BCUT2D eigenvalue weighted by atomic mass is 16.5. The van der Waals surface area contributed by atoms with Gasteiger partial charge in [0.1, 0.15) is 6.10 Å². The fourth-order valence-corrected chi connectivity index (χ4v) is 0.921. The fourth-order valence-electron chi connectivity index (χ4n) is 0.921. The van der Waals surface area contributed by atoms with Crippen molar-refractivity contribution < 1.29 is 9.53 Å². The molecule has 0 aromatic carbocycles. The molecule has 0 saturated carbocycles. The van der Waals surface area contributed by atoms with Gasteiger partial charge in [-0.25, -0.2) is 4.99 Å². The Morgan fingerprint density at radius 1 is 1.64 bits per heavy atom. The topological polar surface area (TPSA) is 41.9 Å². The molecule has 1 aliphatic heterocycles. The summed E-state index contributed by atoms with van der Waals surface area (Å²) in [4.78, 5) is 16.7. The molecule has 0 N–H and O–H groups in total. The molecule has 1 aliphatic rings. The van der Waals surface area contributed by atoms with Crippen molar-refractivity contribution in [2.45, 2.75) is 19.1 Å². The van der Waals surface area contributed by atoms with Crippen molar-refractivity contribution in [3.05, 3.63) is 0 Å². The van der Waals surface area contributed by atoms with E-state index in [0.717, 1.165) is 0 Å². The van der Waals surface area contributed by atoms with Gasteiger partial charge in [-0.1, -0.05) is 0 Å². The van der Waals surface area contributed by atoms with Gasteiger partial charge in [0.2, 0.25) is 0 Å². The van der Waals surface area contributed by atoms with Crippen molar-refractivity contribution in [2.75, 3.05) is 14.1 Å². The third kappa shape index (κ3) is 1.50. The molecular weight excluding hydrogens is 144 g/mol. The van der Waals surface area contributed by atoms with E-state index in [9.17, 15) is 4.79 Å². The molecule has 1 amide bonds. The van der Waals surface area contributed by atoms with E-state index < -0.39 is 0 Å². The standard InChI is InChI=1S/C7H12N2O2/c1-5-6(8-4-11-5)7(10)9(2)3/h4-6H,1-3H3/t5-,6+/m1/s1. The summed E-state index contributed by atoms with van der Waals surface area (Å²) in [6.45, 7) is 1.83. The Labute approximate surface area is 65.9 Å². The minimum absolute atomic E-state index is 0.00810. The van der Waals surface area contributed by atoms with Crippen molar-refractivity contribution in [1.82, 2.24) is 4.90 Å². The molecule has 4 nitrogen and oxygen atoms in total. The molecule has 0 fully saturated rings. The van der Waals surface area contributed by atoms with Crippen LogP contribution in [0.25, 0.3) is 0 Å². The van der Waals surface area contributed by atoms with Crippen LogP contribution in [0.2, 0.25) is 0 Å². The first kappa shape index (κ1) is 8.04. The third-order valence-corrected chi connectivity index (χ3v) is 1.64. The van der Waals surface area contributed by atoms with Crippen LogP contribution in [0, 0.1) is 0 Å². The van der Waals surface area contributed by atoms with Crippen LogP contribution in [-0.4, -0.2) is 43.4 Å². The number of nitrogens with zero attached hydrogens (tertiary/aromatic N) is 2. The molecule has 0 aromatic rings. The van der Waals surface area contributed by atoms with Crippen molar-refractivity contribution in [2.24, 2.45) is 4.99 Å². The van der Waals surface area contributed by atoms with E-state index in [-0.39, 0.29) is 18.1 Å². The SMILES string of the molecule is C[C@H]1OC=N[C@@H]1C(=O)N(C)C. The summed E-state index contributed by atoms with van der Waals surface area (Å²) in [6.07, 6.45) is 1.22. The summed E-state index contributed by atoms with van der Waals surface area (Å²) in [5.74, 6) is -0.00810. The van der Waals surface area contributed by atoms with E-state index in [2.05, 4.69) is 4.99 Å². The number of hydrogen-bond donors (Lipinski definition) is 0. The van der Waals surface area contributed by atoms with Gasteiger partial charge in [0, 0.05) is 14.1 Å². The van der Waals surface area contributed by atoms with Crippen LogP contribution in [0.3, 0.4) is 0 Å². The highest BCUT2D eigenvalue weighted by Gasteiger charge is 2.29. The Morgan fingerprint density at radius 3 is 2.64 bits per heavy atom. The number of aliphatic imine (C=N–C) groups is 1. The number of ether oxygens (including phenoxy) is 1. The van der Waals surface area contributed by atoms with Gasteiger partial charge in [0.25, 0.3) is 5.91 Å². The fraction of sp³-hybridized carbons (Fsp3) is 0.714. The Bertz CT molecular complexity index is 189. The lowest BCUT2D eigenvalue weighted by atomic mass is 10.2. The zero-order chi connectivity index (χ0) is 8.43. The summed E-state index contributed by atoms with van der Waals surface area (Å²) < 4.78 is 5.00. The van der Waals surface area contributed by atoms with Crippen molar-refractivity contribution in [3.63, 3.8) is 0 Å². The molecule has 2 atom stereocenters. The zero-order valence-corrected chi connectivity index (χ0v) is 6.94. The van der Waals surface area contributed by atoms with E-state index in [1.807, 2.05) is 6.92 Å². The maximum atomic E-state index is 11.3. The molecular formula is C7H12N2O2. The molecule has 4 heteroatoms. The second-order valence-corrected chi connectivity index (χ2v) is 2.77. The summed E-state index contributed by atoms with van der Waals surface area (Å²) in [6, 6.07) is -0.343. The summed E-state index contributed by atoms with van der Waals surface area (Å²) in [7, 11) is 3.42. The van der Waals surface area contributed by atoms with E-state index in [1.165, 1.54) is 11.3 Å². The molecule has 0 saturated heterocycles. The zero-order valence-electron chi connectivity index (χ0n) is 6.94. The molecule has 0 spiro atoms. The normalized spacial score (nSPS) is 28.3. The largest absolute Gasteiger partial charge is 0.478 e. The average Bonchev–Trinajstić information content (AvgIpc) is 2.33. The van der Waals surface area contributed by atoms with Gasteiger partial charge in [-0.3, -0.25) is 4.79 Å². The lowest BCUT2D eigenvalue weighted by Crippen LogP contribution is -2.37. The second kappa shape index (κ2) is 2.90. The molecule has 62 valence electrons. The van der Waals surface area contributed by atoms with Crippen molar-refractivity contribution in [1.29, 1.82) is 0 Å². The number of carbonyl (C=O) groups is 1. The van der Waals surface area contributed by atoms with Gasteiger partial charge >= 0.3 is 0 Å². The maximum absolute atomic E-state index is 11.3. The van der Waals surface area contributed by atoms with Crippen LogP contribution in [0.15, 0.2) is 4.99 Å². The number of carbonyl (C=O) groups excluding carboxylic acids is 1. The average molecular weight is 156 g/mol. The second-order valence-electron chi connectivity index (χ2n) is 2.77. The highest BCUT2D eigenvalue weighted by Crippen LogP contribution is 2.10. The van der Waals surface area contributed by atoms with E-state index in [1.54, 1.807) is 14.1 Å². The monoisotopic (exact) mass is 156 g/mol. The first-order valence-electron chi connectivity index (χ1n) is 3.51. The number of hydrogen-bond acceptors (Lipinski definition) is 3. The molecule has 0 aromatic heterocycles. The Balaban J connectivity index is 2.60. The Hall–Kier alpha value is -1.06. The predicted molar refractivity (Wildman–Crippen MR) is 41.5 cm³/mol. The third-order valence-electron chi connectivity index (χ3n) is 1.64.